The number of nitrogens with zero attached hydrogens (tertiary/aromatic N) is 1. The molecule has 228 valence electrons. The van der Waals surface area contributed by atoms with Crippen molar-refractivity contribution in [2.45, 2.75) is 77.8 Å². The van der Waals surface area contributed by atoms with Gasteiger partial charge in [0.1, 0.15) is 0 Å². The van der Waals surface area contributed by atoms with Crippen LogP contribution in [0.3, 0.4) is 0 Å². The molecule has 45 heavy (non-hydrogen) atoms. The molecule has 0 spiro atoms. The molecule has 0 saturated carbocycles. The summed E-state index contributed by atoms with van der Waals surface area (Å²) in [4.78, 5) is 0. The van der Waals surface area contributed by atoms with E-state index in [1.54, 1.807) is 0 Å². The zero-order valence-electron chi connectivity index (χ0n) is 27.5. The predicted octanol–water partition coefficient (Wildman–Crippen LogP) is 7.56. The molecule has 2 saturated heterocycles. The monoisotopic (exact) mass is 597 g/mol. The Morgan fingerprint density at radius 2 is 0.956 bits per heavy atom. The number of benzene rings is 4. The molecule has 0 radical (unpaired) electrons. The third kappa shape index (κ3) is 4.97. The van der Waals surface area contributed by atoms with E-state index in [4.69, 9.17) is 18.6 Å². The van der Waals surface area contributed by atoms with Gasteiger partial charge in [0.2, 0.25) is 0 Å². The fourth-order valence-electron chi connectivity index (χ4n) is 6.28. The Kier molecular flexibility index (Phi) is 6.99. The quantitative estimate of drug-likeness (QED) is 0.196. The Morgan fingerprint density at radius 1 is 0.489 bits per heavy atom. The van der Waals surface area contributed by atoms with E-state index in [-0.39, 0.29) is 0 Å². The van der Waals surface area contributed by atoms with Gasteiger partial charge in [-0.25, -0.2) is 0 Å². The minimum atomic E-state index is -0.459. The van der Waals surface area contributed by atoms with Crippen molar-refractivity contribution in [2.24, 2.45) is 0 Å². The lowest BCUT2D eigenvalue weighted by atomic mass is 9.77. The summed E-state index contributed by atoms with van der Waals surface area (Å²) in [5.41, 5.74) is 6.97. The highest BCUT2D eigenvalue weighted by Gasteiger charge is 2.52. The number of para-hydroxylation sites is 2. The van der Waals surface area contributed by atoms with Gasteiger partial charge in [0.05, 0.1) is 33.6 Å². The Morgan fingerprint density at radius 3 is 1.51 bits per heavy atom. The molecule has 7 rings (SSSR count). The summed E-state index contributed by atoms with van der Waals surface area (Å²) in [6.07, 6.45) is 0. The second-order valence-electron chi connectivity index (χ2n) is 14.3. The number of rotatable bonds is 5. The number of aromatic nitrogens is 1. The van der Waals surface area contributed by atoms with Gasteiger partial charge >= 0.3 is 14.2 Å². The van der Waals surface area contributed by atoms with Gasteiger partial charge in [0, 0.05) is 16.6 Å². The van der Waals surface area contributed by atoms with Gasteiger partial charge in [-0.3, -0.25) is 0 Å². The first-order valence-electron chi connectivity index (χ1n) is 15.9. The Labute approximate surface area is 267 Å². The number of hydrogen-bond donors (Lipinski definition) is 0. The second-order valence-corrected chi connectivity index (χ2v) is 14.3. The maximum atomic E-state index is 6.48. The molecule has 2 fully saturated rings. The highest BCUT2D eigenvalue weighted by Crippen LogP contribution is 2.43. The third-order valence-corrected chi connectivity index (χ3v) is 10.3. The molecule has 0 unspecified atom stereocenters. The first-order valence-corrected chi connectivity index (χ1v) is 15.9. The summed E-state index contributed by atoms with van der Waals surface area (Å²) in [6.45, 7) is 16.7. The second kappa shape index (κ2) is 10.5. The van der Waals surface area contributed by atoms with Crippen LogP contribution in [0.2, 0.25) is 0 Å². The molecule has 2 aliphatic heterocycles. The highest BCUT2D eigenvalue weighted by molar-refractivity contribution is 6.62. The molecule has 7 heteroatoms. The van der Waals surface area contributed by atoms with Crippen LogP contribution in [-0.4, -0.2) is 41.2 Å². The van der Waals surface area contributed by atoms with E-state index in [9.17, 15) is 0 Å². The molecule has 3 heterocycles. The van der Waals surface area contributed by atoms with Gasteiger partial charge < -0.3 is 23.2 Å². The predicted molar refractivity (Wildman–Crippen MR) is 186 cm³/mol. The maximum Gasteiger partial charge on any atom is 0.494 e. The number of hydrogen-bond acceptors (Lipinski definition) is 4. The molecule has 5 aromatic rings. The standard InChI is InChI=1S/C38H41B2NO4/c1-35(2)36(3,4)43-39(42-35)28-18-14-16-26(24-28)33-31-22-12-13-23-32(31)41(30-20-10-9-11-21-30)34(33)27-17-15-19-29(25-27)40-44-37(5,6)38(7,8)45-40/h9-25H,1-8H3. The lowest BCUT2D eigenvalue weighted by Gasteiger charge is -2.32. The average Bonchev–Trinajstić information content (AvgIpc) is 3.55. The molecule has 4 aromatic carbocycles. The molecule has 0 amide bonds. The third-order valence-electron chi connectivity index (χ3n) is 10.3. The van der Waals surface area contributed by atoms with Crippen molar-refractivity contribution >= 4 is 36.1 Å². The number of fused-ring (bicyclic) bond motifs is 1. The van der Waals surface area contributed by atoms with Crippen molar-refractivity contribution in [3.8, 4) is 28.1 Å². The minimum absolute atomic E-state index is 0.421. The molecule has 0 bridgehead atoms. The molecule has 2 aliphatic rings. The Hall–Kier alpha value is -3.61. The van der Waals surface area contributed by atoms with Gasteiger partial charge in [-0.05, 0) is 95.6 Å². The lowest BCUT2D eigenvalue weighted by Crippen LogP contribution is -2.41. The van der Waals surface area contributed by atoms with E-state index in [1.807, 2.05) is 0 Å². The SMILES string of the molecule is CC1(C)OB(c2cccc(-c3c(-c4cccc(B5OC(C)(C)C(C)(C)O5)c4)n(-c4ccccc4)c4ccccc34)c2)OC1(C)C. The summed E-state index contributed by atoms with van der Waals surface area (Å²) < 4.78 is 28.3. The zero-order chi connectivity index (χ0) is 31.8. The van der Waals surface area contributed by atoms with Gasteiger partial charge in [-0.2, -0.15) is 0 Å². The fraction of sp³-hybridized carbons (Fsp3) is 0.316. The van der Waals surface area contributed by atoms with Gasteiger partial charge in [0.25, 0.3) is 0 Å². The van der Waals surface area contributed by atoms with Crippen molar-refractivity contribution in [1.82, 2.24) is 4.57 Å². The minimum Gasteiger partial charge on any atom is -0.399 e. The summed E-state index contributed by atoms with van der Waals surface area (Å²) in [5.74, 6) is 0. The van der Waals surface area contributed by atoms with Gasteiger partial charge in [0.15, 0.2) is 0 Å². The first kappa shape index (κ1) is 30.1. The summed E-state index contributed by atoms with van der Waals surface area (Å²) in [5, 5.41) is 1.17. The van der Waals surface area contributed by atoms with Gasteiger partial charge in [-0.1, -0.05) is 84.9 Å². The van der Waals surface area contributed by atoms with Gasteiger partial charge in [-0.15, -0.1) is 0 Å². The van der Waals surface area contributed by atoms with Crippen LogP contribution in [0.1, 0.15) is 55.4 Å². The van der Waals surface area contributed by atoms with Crippen LogP contribution in [0.5, 0.6) is 0 Å². The van der Waals surface area contributed by atoms with Crippen LogP contribution in [-0.2, 0) is 18.6 Å². The highest BCUT2D eigenvalue weighted by atomic mass is 16.7. The normalized spacial score (nSPS) is 19.8. The molecular weight excluding hydrogens is 556 g/mol. The zero-order valence-corrected chi connectivity index (χ0v) is 27.5. The van der Waals surface area contributed by atoms with Crippen LogP contribution >= 0.6 is 0 Å². The van der Waals surface area contributed by atoms with E-state index in [1.165, 1.54) is 5.39 Å². The van der Waals surface area contributed by atoms with E-state index in [0.717, 1.165) is 44.5 Å². The van der Waals surface area contributed by atoms with Crippen LogP contribution < -0.4 is 10.9 Å². The average molecular weight is 597 g/mol. The molecule has 1 aromatic heterocycles. The van der Waals surface area contributed by atoms with Crippen molar-refractivity contribution in [1.29, 1.82) is 0 Å². The van der Waals surface area contributed by atoms with Crippen molar-refractivity contribution < 1.29 is 18.6 Å². The molecule has 0 aliphatic carbocycles. The summed E-state index contributed by atoms with van der Waals surface area (Å²) in [6, 6.07) is 36.4. The fourth-order valence-corrected chi connectivity index (χ4v) is 6.28. The summed E-state index contributed by atoms with van der Waals surface area (Å²) >= 11 is 0. The molecular formula is C38H41B2NO4. The first-order chi connectivity index (χ1) is 21.3. The van der Waals surface area contributed by atoms with E-state index in [0.29, 0.717) is 0 Å². The molecule has 0 atom stereocenters. The van der Waals surface area contributed by atoms with Crippen LogP contribution in [0.4, 0.5) is 0 Å². The lowest BCUT2D eigenvalue weighted by molar-refractivity contribution is 0.00578. The van der Waals surface area contributed by atoms with E-state index in [2.05, 4.69) is 163 Å². The maximum absolute atomic E-state index is 6.48. The Balaban J connectivity index is 1.44. The van der Waals surface area contributed by atoms with E-state index >= 15 is 0 Å². The summed E-state index contributed by atoms with van der Waals surface area (Å²) in [7, 11) is -0.910. The van der Waals surface area contributed by atoms with E-state index < -0.39 is 36.6 Å². The van der Waals surface area contributed by atoms with Crippen molar-refractivity contribution in [3.05, 3.63) is 103 Å². The molecule has 5 nitrogen and oxygen atoms in total. The van der Waals surface area contributed by atoms with Crippen molar-refractivity contribution in [2.75, 3.05) is 0 Å². The Bertz CT molecular complexity index is 1860. The topological polar surface area (TPSA) is 41.9 Å². The van der Waals surface area contributed by atoms with Crippen LogP contribution in [0.15, 0.2) is 103 Å². The largest absolute Gasteiger partial charge is 0.494 e. The van der Waals surface area contributed by atoms with Crippen LogP contribution in [0.25, 0.3) is 39.0 Å². The van der Waals surface area contributed by atoms with Crippen molar-refractivity contribution in [3.63, 3.8) is 0 Å². The molecule has 0 N–H and O–H groups in total. The van der Waals surface area contributed by atoms with Crippen LogP contribution in [0, 0.1) is 0 Å². The smallest absolute Gasteiger partial charge is 0.399 e.